The third kappa shape index (κ3) is 2.58. The normalized spacial score (nSPS) is 10.8. The number of rotatable bonds is 2. The van der Waals surface area contributed by atoms with E-state index in [9.17, 15) is 0 Å². The van der Waals surface area contributed by atoms with E-state index in [2.05, 4.69) is 23.3 Å². The Morgan fingerprint density at radius 3 is 2.55 bits per heavy atom. The molecule has 0 amide bonds. The molecule has 1 heterocycles. The monoisotopic (exact) mass is 302 g/mol. The van der Waals surface area contributed by atoms with Gasteiger partial charge in [-0.15, -0.1) is 0 Å². The lowest BCUT2D eigenvalue weighted by atomic mass is 10.1. The summed E-state index contributed by atoms with van der Waals surface area (Å²) in [5.41, 5.74) is 3.01. The van der Waals surface area contributed by atoms with Crippen molar-refractivity contribution in [3.05, 3.63) is 64.1 Å². The smallest absolute Gasteiger partial charge is 0.131 e. The summed E-state index contributed by atoms with van der Waals surface area (Å²) in [5.74, 6) is 0.791. The first-order valence-corrected chi connectivity index (χ1v) is 6.97. The van der Waals surface area contributed by atoms with Gasteiger partial charge in [0, 0.05) is 11.1 Å². The van der Waals surface area contributed by atoms with Crippen molar-refractivity contribution in [3.63, 3.8) is 0 Å². The number of hydrogen-bond acceptors (Lipinski definition) is 2. The number of aryl methyl sites for hydroxylation is 1. The number of nitrogens with one attached hydrogen (secondary N) is 1. The van der Waals surface area contributed by atoms with E-state index in [0.29, 0.717) is 10.0 Å². The molecule has 0 fully saturated rings. The lowest BCUT2D eigenvalue weighted by Gasteiger charge is -2.09. The van der Waals surface area contributed by atoms with Crippen LogP contribution in [0.3, 0.4) is 0 Å². The molecule has 0 saturated heterocycles. The van der Waals surface area contributed by atoms with Crippen molar-refractivity contribution in [1.29, 1.82) is 0 Å². The zero-order valence-electron chi connectivity index (χ0n) is 10.8. The van der Waals surface area contributed by atoms with E-state index in [1.165, 1.54) is 5.56 Å². The molecular weight excluding hydrogens is 291 g/mol. The van der Waals surface area contributed by atoms with Crippen molar-refractivity contribution in [2.45, 2.75) is 6.92 Å². The fraction of sp³-hybridized carbons (Fsp3) is 0.0625. The molecule has 3 rings (SSSR count). The molecule has 0 atom stereocenters. The van der Waals surface area contributed by atoms with Crippen molar-refractivity contribution in [2.75, 3.05) is 5.32 Å². The Balaban J connectivity index is 2.00. The largest absolute Gasteiger partial charge is 0.340 e. The number of nitrogens with zero attached hydrogens (tertiary/aromatic N) is 1. The summed E-state index contributed by atoms with van der Waals surface area (Å²) in [4.78, 5) is 4.60. The highest BCUT2D eigenvalue weighted by Gasteiger charge is 2.04. The van der Waals surface area contributed by atoms with Crippen LogP contribution in [-0.4, -0.2) is 4.98 Å². The molecule has 2 nitrogen and oxygen atoms in total. The predicted molar refractivity (Wildman–Crippen MR) is 86.2 cm³/mol. The van der Waals surface area contributed by atoms with Crippen LogP contribution in [0.5, 0.6) is 0 Å². The van der Waals surface area contributed by atoms with Crippen LogP contribution < -0.4 is 5.32 Å². The van der Waals surface area contributed by atoms with Crippen LogP contribution in [0.25, 0.3) is 10.9 Å². The molecule has 0 spiro atoms. The lowest BCUT2D eigenvalue weighted by Crippen LogP contribution is -1.95. The van der Waals surface area contributed by atoms with Gasteiger partial charge in [-0.1, -0.05) is 41.4 Å². The Morgan fingerprint density at radius 1 is 0.950 bits per heavy atom. The maximum Gasteiger partial charge on any atom is 0.131 e. The Morgan fingerprint density at radius 2 is 1.75 bits per heavy atom. The van der Waals surface area contributed by atoms with E-state index < -0.39 is 0 Å². The third-order valence-corrected chi connectivity index (χ3v) is 3.85. The Bertz CT molecular complexity index is 785. The molecule has 3 aromatic rings. The minimum Gasteiger partial charge on any atom is -0.340 e. The summed E-state index contributed by atoms with van der Waals surface area (Å²) in [5, 5.41) is 5.47. The first-order chi connectivity index (χ1) is 9.63. The molecule has 0 bridgehead atoms. The van der Waals surface area contributed by atoms with Crippen LogP contribution in [0.2, 0.25) is 10.0 Å². The van der Waals surface area contributed by atoms with E-state index in [0.717, 1.165) is 22.4 Å². The fourth-order valence-electron chi connectivity index (χ4n) is 2.14. The van der Waals surface area contributed by atoms with Crippen LogP contribution in [0, 0.1) is 6.92 Å². The number of halogens is 2. The number of aromatic nitrogens is 1. The van der Waals surface area contributed by atoms with E-state index in [4.69, 9.17) is 23.2 Å². The van der Waals surface area contributed by atoms with E-state index >= 15 is 0 Å². The van der Waals surface area contributed by atoms with Crippen LogP contribution in [0.1, 0.15) is 5.56 Å². The van der Waals surface area contributed by atoms with Gasteiger partial charge in [0.2, 0.25) is 0 Å². The maximum absolute atomic E-state index is 6.01. The van der Waals surface area contributed by atoms with Gasteiger partial charge in [-0.3, -0.25) is 0 Å². The van der Waals surface area contributed by atoms with Gasteiger partial charge >= 0.3 is 0 Å². The second-order valence-electron chi connectivity index (χ2n) is 4.60. The average molecular weight is 303 g/mol. The highest BCUT2D eigenvalue weighted by atomic mass is 35.5. The first kappa shape index (κ1) is 13.2. The van der Waals surface area contributed by atoms with Crippen molar-refractivity contribution in [3.8, 4) is 0 Å². The van der Waals surface area contributed by atoms with Crippen molar-refractivity contribution in [2.24, 2.45) is 0 Å². The third-order valence-electron chi connectivity index (χ3n) is 3.12. The molecule has 0 aliphatic carbocycles. The summed E-state index contributed by atoms with van der Waals surface area (Å²) >= 11 is 11.9. The highest BCUT2D eigenvalue weighted by molar-refractivity contribution is 6.42. The molecule has 20 heavy (non-hydrogen) atoms. The van der Waals surface area contributed by atoms with Crippen LogP contribution in [-0.2, 0) is 0 Å². The summed E-state index contributed by atoms with van der Waals surface area (Å²) in [6, 6.07) is 15.5. The fourth-order valence-corrected chi connectivity index (χ4v) is 2.43. The zero-order chi connectivity index (χ0) is 14.1. The van der Waals surface area contributed by atoms with Crippen molar-refractivity contribution in [1.82, 2.24) is 4.98 Å². The lowest BCUT2D eigenvalue weighted by molar-refractivity contribution is 1.34. The number of benzene rings is 2. The number of pyridine rings is 1. The molecule has 0 aliphatic heterocycles. The molecule has 0 saturated carbocycles. The van der Waals surface area contributed by atoms with Gasteiger partial charge in [-0.25, -0.2) is 4.98 Å². The molecule has 100 valence electrons. The van der Waals surface area contributed by atoms with E-state index in [-0.39, 0.29) is 0 Å². The van der Waals surface area contributed by atoms with Gasteiger partial charge in [0.05, 0.1) is 15.6 Å². The van der Waals surface area contributed by atoms with Gasteiger partial charge in [-0.05, 0) is 42.8 Å². The topological polar surface area (TPSA) is 24.9 Å². The van der Waals surface area contributed by atoms with Crippen molar-refractivity contribution < 1.29 is 0 Å². The SMILES string of the molecule is Cc1cc(Nc2ccc(Cl)c(Cl)c2)nc2ccccc12. The van der Waals surface area contributed by atoms with E-state index in [1.54, 1.807) is 12.1 Å². The molecule has 0 radical (unpaired) electrons. The minimum absolute atomic E-state index is 0.522. The van der Waals surface area contributed by atoms with Gasteiger partial charge < -0.3 is 5.32 Å². The van der Waals surface area contributed by atoms with Crippen LogP contribution >= 0.6 is 23.2 Å². The average Bonchev–Trinajstić information content (AvgIpc) is 2.43. The van der Waals surface area contributed by atoms with Crippen LogP contribution in [0.4, 0.5) is 11.5 Å². The molecule has 0 aliphatic rings. The molecule has 0 unspecified atom stereocenters. The number of hydrogen-bond donors (Lipinski definition) is 1. The number of para-hydroxylation sites is 1. The Hall–Kier alpha value is -1.77. The first-order valence-electron chi connectivity index (χ1n) is 6.22. The molecule has 1 aromatic heterocycles. The highest BCUT2D eigenvalue weighted by Crippen LogP contribution is 2.27. The molecular formula is C16H12Cl2N2. The molecule has 4 heteroatoms. The zero-order valence-corrected chi connectivity index (χ0v) is 12.3. The van der Waals surface area contributed by atoms with Gasteiger partial charge in [0.25, 0.3) is 0 Å². The van der Waals surface area contributed by atoms with Crippen LogP contribution in [0.15, 0.2) is 48.5 Å². The summed E-state index contributed by atoms with van der Waals surface area (Å²) in [6.45, 7) is 2.07. The second-order valence-corrected chi connectivity index (χ2v) is 5.41. The Kier molecular flexibility index (Phi) is 3.51. The summed E-state index contributed by atoms with van der Waals surface area (Å²) in [6.07, 6.45) is 0. The van der Waals surface area contributed by atoms with Gasteiger partial charge in [-0.2, -0.15) is 0 Å². The Labute approximate surface area is 127 Å². The number of fused-ring (bicyclic) bond motifs is 1. The predicted octanol–water partition coefficient (Wildman–Crippen LogP) is 5.59. The van der Waals surface area contributed by atoms with E-state index in [1.807, 2.05) is 30.3 Å². The summed E-state index contributed by atoms with van der Waals surface area (Å²) < 4.78 is 0. The second kappa shape index (κ2) is 5.31. The standard InChI is InChI=1S/C16H12Cl2N2/c1-10-8-16(20-15-5-3-2-4-12(10)15)19-11-6-7-13(17)14(18)9-11/h2-9H,1H3,(H,19,20). The van der Waals surface area contributed by atoms with Gasteiger partial charge in [0.15, 0.2) is 0 Å². The quantitative estimate of drug-likeness (QED) is 0.667. The maximum atomic E-state index is 6.01. The van der Waals surface area contributed by atoms with Gasteiger partial charge in [0.1, 0.15) is 5.82 Å². The molecule has 1 N–H and O–H groups in total. The number of anilines is 2. The van der Waals surface area contributed by atoms with Crippen molar-refractivity contribution >= 4 is 45.6 Å². The molecule has 2 aromatic carbocycles. The summed E-state index contributed by atoms with van der Waals surface area (Å²) in [7, 11) is 0. The minimum atomic E-state index is 0.522.